The summed E-state index contributed by atoms with van der Waals surface area (Å²) in [5.74, 6) is 0.425. The van der Waals surface area contributed by atoms with E-state index in [1.54, 1.807) is 6.07 Å². The highest BCUT2D eigenvalue weighted by Crippen LogP contribution is 2.16. The number of benzene rings is 1. The molecule has 0 aliphatic heterocycles. The van der Waals surface area contributed by atoms with E-state index in [9.17, 15) is 4.79 Å². The molecule has 0 saturated heterocycles. The second-order valence-corrected chi connectivity index (χ2v) is 12.3. The van der Waals surface area contributed by atoms with Crippen LogP contribution < -0.4 is 5.32 Å². The number of nitriles is 1. The zero-order valence-corrected chi connectivity index (χ0v) is 14.8. The van der Waals surface area contributed by atoms with E-state index in [4.69, 9.17) is 10.3 Å². The van der Waals surface area contributed by atoms with Crippen LogP contribution in [0.2, 0.25) is 19.6 Å². The fourth-order valence-corrected chi connectivity index (χ4v) is 3.07. The van der Waals surface area contributed by atoms with Gasteiger partial charge in [0.05, 0.1) is 30.6 Å². The van der Waals surface area contributed by atoms with Crippen molar-refractivity contribution in [3.8, 4) is 6.07 Å². The maximum atomic E-state index is 11.0. The van der Waals surface area contributed by atoms with Crippen LogP contribution in [0.25, 0.3) is 0 Å². The molecule has 1 amide bonds. The van der Waals surface area contributed by atoms with Crippen molar-refractivity contribution in [3.63, 3.8) is 0 Å². The molecule has 0 fully saturated rings. The number of hydrogen-bond acceptors (Lipinski definition) is 4. The first-order chi connectivity index (χ1) is 9.81. The van der Waals surface area contributed by atoms with Crippen LogP contribution >= 0.6 is 11.8 Å². The average Bonchev–Trinajstić information content (AvgIpc) is 2.41. The zero-order valence-electron chi connectivity index (χ0n) is 12.9. The van der Waals surface area contributed by atoms with Crippen molar-refractivity contribution in [2.24, 2.45) is 4.99 Å². The van der Waals surface area contributed by atoms with Crippen molar-refractivity contribution in [3.05, 3.63) is 35.4 Å². The summed E-state index contributed by atoms with van der Waals surface area (Å²) in [6.07, 6.45) is 0.826. The largest absolute Gasteiger partial charge is 0.347 e. The molecule has 0 heterocycles. The Labute approximate surface area is 131 Å². The van der Waals surface area contributed by atoms with Crippen molar-refractivity contribution in [1.82, 2.24) is 5.32 Å². The topological polar surface area (TPSA) is 65.2 Å². The standard InChI is InChI=1S/C15H21N3OSSi/c1-12(19)17-10-20-15(18-11-21(2,3)4)14-7-5-6-13(8-14)9-16/h5-8H,10-11H2,1-4H3,(H,17,19). The Kier molecular flexibility index (Phi) is 6.66. The minimum absolute atomic E-state index is 0.0576. The third kappa shape index (κ3) is 7.11. The molecule has 1 N–H and O–H groups in total. The molecule has 21 heavy (non-hydrogen) atoms. The molecular formula is C15H21N3OSSi. The molecule has 6 heteroatoms. The Balaban J connectivity index is 2.94. The van der Waals surface area contributed by atoms with Gasteiger partial charge in [-0.2, -0.15) is 5.26 Å². The average molecular weight is 320 g/mol. The van der Waals surface area contributed by atoms with E-state index < -0.39 is 8.07 Å². The molecule has 1 aromatic rings. The van der Waals surface area contributed by atoms with E-state index >= 15 is 0 Å². The molecule has 0 saturated carbocycles. The van der Waals surface area contributed by atoms with Crippen molar-refractivity contribution in [2.75, 3.05) is 12.0 Å². The van der Waals surface area contributed by atoms with Crippen LogP contribution in [-0.2, 0) is 4.79 Å². The van der Waals surface area contributed by atoms with E-state index in [2.05, 4.69) is 31.0 Å². The quantitative estimate of drug-likeness (QED) is 0.393. The van der Waals surface area contributed by atoms with Crippen LogP contribution in [0.3, 0.4) is 0 Å². The number of thioether (sulfide) groups is 1. The van der Waals surface area contributed by atoms with Gasteiger partial charge in [0, 0.05) is 18.7 Å². The normalized spacial score (nSPS) is 11.9. The first-order valence-corrected chi connectivity index (χ1v) is 11.4. The Bertz CT molecular complexity index is 573. The third-order valence-corrected chi connectivity index (χ3v) is 4.50. The van der Waals surface area contributed by atoms with Crippen LogP contribution in [0.15, 0.2) is 29.3 Å². The lowest BCUT2D eigenvalue weighted by Crippen LogP contribution is -2.26. The van der Waals surface area contributed by atoms with Gasteiger partial charge in [-0.3, -0.25) is 9.79 Å². The first kappa shape index (κ1) is 17.5. The highest BCUT2D eigenvalue weighted by Gasteiger charge is 2.14. The number of carbonyl (C=O) groups is 1. The van der Waals surface area contributed by atoms with Gasteiger partial charge in [-0.05, 0) is 12.1 Å². The number of aliphatic imine (C=N–C) groups is 1. The van der Waals surface area contributed by atoms with Crippen molar-refractivity contribution in [1.29, 1.82) is 5.26 Å². The fraction of sp³-hybridized carbons (Fsp3) is 0.400. The maximum absolute atomic E-state index is 11.0. The molecule has 0 bridgehead atoms. The summed E-state index contributed by atoms with van der Waals surface area (Å²) in [4.78, 5) is 15.7. The van der Waals surface area contributed by atoms with E-state index in [0.717, 1.165) is 16.8 Å². The summed E-state index contributed by atoms with van der Waals surface area (Å²) in [6.45, 7) is 8.28. The van der Waals surface area contributed by atoms with Crippen LogP contribution in [0.4, 0.5) is 0 Å². The number of nitrogens with one attached hydrogen (secondary N) is 1. The van der Waals surface area contributed by atoms with E-state index in [1.807, 2.05) is 18.2 Å². The summed E-state index contributed by atoms with van der Waals surface area (Å²) >= 11 is 1.49. The van der Waals surface area contributed by atoms with Crippen molar-refractivity contribution < 1.29 is 4.79 Å². The summed E-state index contributed by atoms with van der Waals surface area (Å²) in [5.41, 5.74) is 1.55. The molecule has 1 rings (SSSR count). The number of nitrogens with zero attached hydrogens (tertiary/aromatic N) is 2. The monoisotopic (exact) mass is 319 g/mol. The van der Waals surface area contributed by atoms with Gasteiger partial charge in [0.25, 0.3) is 0 Å². The molecule has 0 aliphatic rings. The molecule has 4 nitrogen and oxygen atoms in total. The lowest BCUT2D eigenvalue weighted by Gasteiger charge is -2.14. The summed E-state index contributed by atoms with van der Waals surface area (Å²) in [7, 11) is -1.29. The molecule has 0 unspecified atom stereocenters. The Morgan fingerprint density at radius 3 is 2.71 bits per heavy atom. The number of hydrogen-bond donors (Lipinski definition) is 1. The second kappa shape index (κ2) is 8.01. The van der Waals surface area contributed by atoms with E-state index in [-0.39, 0.29) is 5.91 Å². The molecule has 0 spiro atoms. The molecule has 0 radical (unpaired) electrons. The number of carbonyl (C=O) groups excluding carboxylic acids is 1. The molecular weight excluding hydrogens is 298 g/mol. The molecule has 0 aliphatic carbocycles. The van der Waals surface area contributed by atoms with Gasteiger partial charge in [-0.25, -0.2) is 0 Å². The van der Waals surface area contributed by atoms with Crippen LogP contribution in [0, 0.1) is 11.3 Å². The minimum atomic E-state index is -1.29. The third-order valence-electron chi connectivity index (χ3n) is 2.47. The SMILES string of the molecule is CC(=O)NCSC(=NC[Si](C)(C)C)c1cccc(C#N)c1. The zero-order chi connectivity index (χ0) is 15.9. The van der Waals surface area contributed by atoms with E-state index in [1.165, 1.54) is 18.7 Å². The van der Waals surface area contributed by atoms with Crippen LogP contribution in [0.1, 0.15) is 18.1 Å². The maximum Gasteiger partial charge on any atom is 0.217 e. The van der Waals surface area contributed by atoms with Gasteiger partial charge in [-0.1, -0.05) is 43.5 Å². The second-order valence-electron chi connectivity index (χ2n) is 5.90. The Morgan fingerprint density at radius 1 is 1.43 bits per heavy atom. The lowest BCUT2D eigenvalue weighted by molar-refractivity contribution is -0.118. The smallest absolute Gasteiger partial charge is 0.217 e. The molecule has 1 aromatic carbocycles. The van der Waals surface area contributed by atoms with Gasteiger partial charge in [0.15, 0.2) is 0 Å². The minimum Gasteiger partial charge on any atom is -0.347 e. The summed E-state index contributed by atoms with van der Waals surface area (Å²) < 4.78 is 0. The molecule has 0 aromatic heterocycles. The van der Waals surface area contributed by atoms with E-state index in [0.29, 0.717) is 11.4 Å². The summed E-state index contributed by atoms with van der Waals surface area (Å²) in [5, 5.41) is 12.6. The van der Waals surface area contributed by atoms with Gasteiger partial charge in [0.1, 0.15) is 0 Å². The van der Waals surface area contributed by atoms with Gasteiger partial charge in [-0.15, -0.1) is 0 Å². The van der Waals surface area contributed by atoms with Crippen LogP contribution in [-0.4, -0.2) is 31.1 Å². The Hall–Kier alpha value is -1.58. The highest BCUT2D eigenvalue weighted by molar-refractivity contribution is 8.14. The fourth-order valence-electron chi connectivity index (χ4n) is 1.46. The number of rotatable bonds is 5. The summed E-state index contributed by atoms with van der Waals surface area (Å²) in [6, 6.07) is 9.56. The Morgan fingerprint density at radius 2 is 2.14 bits per heavy atom. The van der Waals surface area contributed by atoms with Crippen LogP contribution in [0.5, 0.6) is 0 Å². The highest BCUT2D eigenvalue weighted by atomic mass is 32.2. The van der Waals surface area contributed by atoms with Crippen molar-refractivity contribution >= 4 is 30.8 Å². The predicted molar refractivity (Wildman–Crippen MR) is 92.2 cm³/mol. The molecule has 0 atom stereocenters. The lowest BCUT2D eigenvalue weighted by atomic mass is 10.1. The van der Waals surface area contributed by atoms with Gasteiger partial charge in [0.2, 0.25) is 5.91 Å². The van der Waals surface area contributed by atoms with Gasteiger partial charge >= 0.3 is 0 Å². The molecule has 112 valence electrons. The predicted octanol–water partition coefficient (Wildman–Crippen LogP) is 3.01. The first-order valence-electron chi connectivity index (χ1n) is 6.74. The number of amides is 1. The van der Waals surface area contributed by atoms with Crippen molar-refractivity contribution in [2.45, 2.75) is 26.6 Å². The van der Waals surface area contributed by atoms with Gasteiger partial charge < -0.3 is 5.32 Å².